The summed E-state index contributed by atoms with van der Waals surface area (Å²) in [5, 5.41) is 6.93. The summed E-state index contributed by atoms with van der Waals surface area (Å²) >= 11 is 0. The molecule has 1 aliphatic carbocycles. The van der Waals surface area contributed by atoms with Crippen LogP contribution in [-0.4, -0.2) is 36.1 Å². The fourth-order valence-corrected chi connectivity index (χ4v) is 2.93. The molecule has 0 amide bonds. The van der Waals surface area contributed by atoms with Gasteiger partial charge in [0.15, 0.2) is 0 Å². The first-order valence-corrected chi connectivity index (χ1v) is 8.03. The Labute approximate surface area is 151 Å². The topological polar surface area (TPSA) is 28.0 Å². The van der Waals surface area contributed by atoms with Crippen LogP contribution in [-0.2, 0) is 0 Å². The molecule has 1 heterocycles. The smallest absolute Gasteiger partial charge is 0.330 e. The van der Waals surface area contributed by atoms with Gasteiger partial charge in [-0.1, -0.05) is 12.1 Å². The Morgan fingerprint density at radius 1 is 1.30 bits per heavy atom. The van der Waals surface area contributed by atoms with Gasteiger partial charge < -0.3 is 4.90 Å². The summed E-state index contributed by atoms with van der Waals surface area (Å²) in [6.45, 7) is 2.51. The number of amidine groups is 1. The number of benzene rings is 1. The van der Waals surface area contributed by atoms with Crippen LogP contribution in [0.4, 0.5) is 26.3 Å². The van der Waals surface area contributed by atoms with Gasteiger partial charge in [-0.2, -0.15) is 18.3 Å². The van der Waals surface area contributed by atoms with Gasteiger partial charge in [-0.25, -0.2) is 13.2 Å². The third-order valence-electron chi connectivity index (χ3n) is 4.45. The maximum absolute atomic E-state index is 13.6. The van der Waals surface area contributed by atoms with Gasteiger partial charge in [-0.3, -0.25) is 0 Å². The summed E-state index contributed by atoms with van der Waals surface area (Å²) in [7, 11) is 0. The van der Waals surface area contributed by atoms with Gasteiger partial charge in [-0.15, -0.1) is 5.10 Å². The molecule has 0 N–H and O–H groups in total. The van der Waals surface area contributed by atoms with E-state index in [1.54, 1.807) is 0 Å². The highest BCUT2D eigenvalue weighted by atomic mass is 19.4. The normalized spacial score (nSPS) is 22.2. The van der Waals surface area contributed by atoms with Gasteiger partial charge in [-0.05, 0) is 29.3 Å². The van der Waals surface area contributed by atoms with Crippen LogP contribution in [0.15, 0.2) is 52.3 Å². The molecule has 0 saturated heterocycles. The molecule has 1 aromatic carbocycles. The largest absolute Gasteiger partial charge is 0.415 e. The minimum absolute atomic E-state index is 0.0246. The lowest BCUT2D eigenvalue weighted by molar-refractivity contribution is -0.0936. The lowest BCUT2D eigenvalue weighted by Gasteiger charge is -2.29. The molecule has 0 aromatic heterocycles. The van der Waals surface area contributed by atoms with E-state index in [1.165, 1.54) is 24.4 Å². The van der Waals surface area contributed by atoms with E-state index in [0.717, 1.165) is 17.0 Å². The molecular weight excluding hydrogens is 372 g/mol. The molecule has 2 aliphatic rings. The van der Waals surface area contributed by atoms with Crippen LogP contribution in [0, 0.1) is 11.7 Å². The summed E-state index contributed by atoms with van der Waals surface area (Å²) < 4.78 is 80.6. The highest BCUT2D eigenvalue weighted by molar-refractivity contribution is 5.87. The molecule has 0 bridgehead atoms. The third kappa shape index (κ3) is 4.23. The van der Waals surface area contributed by atoms with Crippen molar-refractivity contribution < 1.29 is 26.3 Å². The fourth-order valence-electron chi connectivity index (χ4n) is 2.93. The molecule has 27 heavy (non-hydrogen) atoms. The Hall–Kier alpha value is -2.58. The maximum Gasteiger partial charge on any atom is 0.415 e. The standard InChI is InChI=1S/C18H15F6N3/c1-25-26-16(8-12-9-17(12,20)21)27-6-5-14(15(10-27)18(22,23)24)11-3-2-4-13(19)7-11/h2-7,12H,1,8-10H2/b26-16-. The number of hydrogen-bond acceptors (Lipinski definition) is 2. The van der Waals surface area contributed by atoms with Crippen molar-refractivity contribution >= 4 is 18.1 Å². The molecule has 9 heteroatoms. The molecule has 1 unspecified atom stereocenters. The highest BCUT2D eigenvalue weighted by Gasteiger charge is 2.57. The molecule has 1 aliphatic heterocycles. The van der Waals surface area contributed by atoms with E-state index in [2.05, 4.69) is 16.9 Å². The predicted octanol–water partition coefficient (Wildman–Crippen LogP) is 5.03. The van der Waals surface area contributed by atoms with Gasteiger partial charge in [0.1, 0.15) is 11.7 Å². The van der Waals surface area contributed by atoms with Crippen LogP contribution in [0.2, 0.25) is 0 Å². The molecule has 1 aromatic rings. The molecule has 144 valence electrons. The van der Waals surface area contributed by atoms with Crippen molar-refractivity contribution in [1.29, 1.82) is 0 Å². The first-order chi connectivity index (χ1) is 12.6. The van der Waals surface area contributed by atoms with Crippen LogP contribution in [0.25, 0.3) is 5.57 Å². The van der Waals surface area contributed by atoms with Crippen LogP contribution in [0.1, 0.15) is 18.4 Å². The van der Waals surface area contributed by atoms with Crippen LogP contribution < -0.4 is 0 Å². The molecule has 3 rings (SSSR count). The van der Waals surface area contributed by atoms with Crippen molar-refractivity contribution in [3.05, 3.63) is 53.5 Å². The Morgan fingerprint density at radius 2 is 2.00 bits per heavy atom. The number of allylic oxidation sites excluding steroid dienone is 2. The first kappa shape index (κ1) is 19.2. The van der Waals surface area contributed by atoms with E-state index in [4.69, 9.17) is 0 Å². The second-order valence-corrected chi connectivity index (χ2v) is 6.37. The van der Waals surface area contributed by atoms with Crippen molar-refractivity contribution in [2.24, 2.45) is 16.1 Å². The number of rotatable bonds is 4. The van der Waals surface area contributed by atoms with E-state index in [1.807, 2.05) is 0 Å². The number of nitrogens with zero attached hydrogens (tertiary/aromatic N) is 3. The molecule has 3 nitrogen and oxygen atoms in total. The molecule has 1 atom stereocenters. The lowest BCUT2D eigenvalue weighted by atomic mass is 9.96. The second-order valence-electron chi connectivity index (χ2n) is 6.37. The van der Waals surface area contributed by atoms with Crippen molar-refractivity contribution in [3.63, 3.8) is 0 Å². The van der Waals surface area contributed by atoms with Gasteiger partial charge in [0.25, 0.3) is 5.92 Å². The molecule has 1 fully saturated rings. The van der Waals surface area contributed by atoms with Crippen molar-refractivity contribution in [3.8, 4) is 0 Å². The van der Waals surface area contributed by atoms with Crippen molar-refractivity contribution in [2.45, 2.75) is 24.9 Å². The monoisotopic (exact) mass is 387 g/mol. The zero-order valence-electron chi connectivity index (χ0n) is 14.0. The molecular formula is C18H15F6N3. The van der Waals surface area contributed by atoms with Crippen molar-refractivity contribution in [1.82, 2.24) is 4.90 Å². The summed E-state index contributed by atoms with van der Waals surface area (Å²) in [5.41, 5.74) is -1.02. The third-order valence-corrected chi connectivity index (χ3v) is 4.45. The Bertz CT molecular complexity index is 838. The minimum Gasteiger partial charge on any atom is -0.330 e. The molecule has 1 saturated carbocycles. The summed E-state index contributed by atoms with van der Waals surface area (Å²) in [5.74, 6) is -4.50. The number of hydrogen-bond donors (Lipinski definition) is 0. The van der Waals surface area contributed by atoms with E-state index in [9.17, 15) is 26.3 Å². The minimum atomic E-state index is -4.69. The summed E-state index contributed by atoms with van der Waals surface area (Å²) in [6.07, 6.45) is -2.76. The zero-order valence-corrected chi connectivity index (χ0v) is 14.0. The van der Waals surface area contributed by atoms with Crippen LogP contribution in [0.3, 0.4) is 0 Å². The zero-order chi connectivity index (χ0) is 19.8. The van der Waals surface area contributed by atoms with E-state index in [0.29, 0.717) is 0 Å². The quantitative estimate of drug-likeness (QED) is 0.308. The van der Waals surface area contributed by atoms with Gasteiger partial charge in [0.05, 0.1) is 12.1 Å². The Morgan fingerprint density at radius 3 is 2.56 bits per heavy atom. The van der Waals surface area contributed by atoms with E-state index < -0.39 is 36.0 Å². The Balaban J connectivity index is 1.92. The molecule has 0 spiro atoms. The average molecular weight is 387 g/mol. The Kier molecular flexibility index (Phi) is 4.88. The van der Waals surface area contributed by atoms with Crippen LogP contribution >= 0.6 is 0 Å². The van der Waals surface area contributed by atoms with Crippen molar-refractivity contribution in [2.75, 3.05) is 6.54 Å². The van der Waals surface area contributed by atoms with Gasteiger partial charge in [0.2, 0.25) is 0 Å². The van der Waals surface area contributed by atoms with E-state index >= 15 is 0 Å². The van der Waals surface area contributed by atoms with Gasteiger partial charge in [0, 0.05) is 31.7 Å². The first-order valence-electron chi connectivity index (χ1n) is 8.03. The second kappa shape index (κ2) is 6.86. The maximum atomic E-state index is 13.6. The molecule has 0 radical (unpaired) electrons. The average Bonchev–Trinajstić information content (AvgIpc) is 3.19. The fraction of sp³-hybridized carbons (Fsp3) is 0.333. The highest BCUT2D eigenvalue weighted by Crippen LogP contribution is 2.51. The SMILES string of the molecule is C=N/N=C(/CC1CC1(F)F)N1C=CC(c2cccc(F)c2)=C(C(F)(F)F)C1. The number of alkyl halides is 5. The lowest BCUT2D eigenvalue weighted by Crippen LogP contribution is -2.35. The van der Waals surface area contributed by atoms with Crippen LogP contribution in [0.5, 0.6) is 0 Å². The summed E-state index contributed by atoms with van der Waals surface area (Å²) in [6, 6.07) is 4.82. The number of halogens is 6. The van der Waals surface area contributed by atoms with E-state index in [-0.39, 0.29) is 29.8 Å². The summed E-state index contributed by atoms with van der Waals surface area (Å²) in [4.78, 5) is 1.12. The predicted molar refractivity (Wildman–Crippen MR) is 89.9 cm³/mol. The van der Waals surface area contributed by atoms with Gasteiger partial charge >= 0.3 is 6.18 Å².